The van der Waals surface area contributed by atoms with Crippen LogP contribution in [-0.4, -0.2) is 28.5 Å². The molecular weight excluding hydrogens is 324 g/mol. The van der Waals surface area contributed by atoms with E-state index < -0.39 is 0 Å². The van der Waals surface area contributed by atoms with Crippen LogP contribution < -0.4 is 5.56 Å². The van der Waals surface area contributed by atoms with Crippen LogP contribution in [0, 0.1) is 13.8 Å². The van der Waals surface area contributed by atoms with Crippen molar-refractivity contribution in [3.05, 3.63) is 74.7 Å². The summed E-state index contributed by atoms with van der Waals surface area (Å²) in [6.45, 7) is 5.09. The third kappa shape index (κ3) is 2.44. The highest BCUT2D eigenvalue weighted by Crippen LogP contribution is 2.43. The molecule has 2 heterocycles. The van der Waals surface area contributed by atoms with Crippen molar-refractivity contribution in [2.75, 3.05) is 13.1 Å². The number of carbonyl (C=O) groups is 1. The summed E-state index contributed by atoms with van der Waals surface area (Å²) in [5.74, 6) is -0.131. The summed E-state index contributed by atoms with van der Waals surface area (Å²) in [6.07, 6.45) is 6.30. The Kier molecular flexibility index (Phi) is 3.87. The molecule has 0 saturated carbocycles. The van der Waals surface area contributed by atoms with Crippen LogP contribution in [0.2, 0.25) is 0 Å². The van der Waals surface area contributed by atoms with Gasteiger partial charge in [-0.25, -0.2) is 0 Å². The molecule has 1 saturated heterocycles. The summed E-state index contributed by atoms with van der Waals surface area (Å²) in [5, 5.41) is 0. The highest BCUT2D eigenvalue weighted by molar-refractivity contribution is 5.95. The molecule has 0 radical (unpaired) electrons. The van der Waals surface area contributed by atoms with Crippen molar-refractivity contribution < 1.29 is 4.79 Å². The Balaban J connectivity index is 1.59. The molecule has 0 unspecified atom stereocenters. The predicted octanol–water partition coefficient (Wildman–Crippen LogP) is 3.20. The standard InChI is InChI=1S/C22H24N2O2/c1-15-14-16(2)23(3)20(25)19(15)21(26)24-12-10-22(11-13-24)9-8-17-6-4-5-7-18(17)22/h4-9,14H,10-13H2,1-3H3. The van der Waals surface area contributed by atoms with Gasteiger partial charge >= 0.3 is 0 Å². The van der Waals surface area contributed by atoms with Crippen molar-refractivity contribution in [2.45, 2.75) is 32.1 Å². The number of aromatic nitrogens is 1. The molecular formula is C22H24N2O2. The summed E-state index contributed by atoms with van der Waals surface area (Å²) in [6, 6.07) is 10.4. The number of nitrogens with zero attached hydrogens (tertiary/aromatic N) is 2. The lowest BCUT2D eigenvalue weighted by molar-refractivity contribution is 0.0687. The SMILES string of the molecule is Cc1cc(C)n(C)c(=O)c1C(=O)N1CCC2(C=Cc3ccccc32)CC1. The van der Waals surface area contributed by atoms with Gasteiger partial charge in [-0.05, 0) is 49.4 Å². The molecule has 0 atom stereocenters. The summed E-state index contributed by atoms with van der Waals surface area (Å²) >= 11 is 0. The van der Waals surface area contributed by atoms with Gasteiger partial charge in [-0.1, -0.05) is 36.4 Å². The highest BCUT2D eigenvalue weighted by atomic mass is 16.2. The molecule has 4 rings (SSSR count). The average Bonchev–Trinajstić information content (AvgIpc) is 2.99. The van der Waals surface area contributed by atoms with Crippen LogP contribution in [0.15, 0.2) is 41.2 Å². The van der Waals surface area contributed by atoms with Gasteiger partial charge in [0.1, 0.15) is 5.56 Å². The maximum atomic E-state index is 13.0. The Morgan fingerprint density at radius 1 is 1.12 bits per heavy atom. The van der Waals surface area contributed by atoms with Gasteiger partial charge in [0, 0.05) is 31.2 Å². The summed E-state index contributed by atoms with van der Waals surface area (Å²) in [5.41, 5.74) is 4.46. The molecule has 1 aliphatic carbocycles. The zero-order valence-electron chi connectivity index (χ0n) is 15.6. The number of fused-ring (bicyclic) bond motifs is 2. The first-order chi connectivity index (χ1) is 12.4. The number of amides is 1. The Bertz CT molecular complexity index is 976. The molecule has 4 nitrogen and oxygen atoms in total. The summed E-state index contributed by atoms with van der Waals surface area (Å²) in [4.78, 5) is 27.5. The Labute approximate surface area is 153 Å². The quantitative estimate of drug-likeness (QED) is 0.794. The third-order valence-electron chi connectivity index (χ3n) is 6.10. The van der Waals surface area contributed by atoms with Gasteiger partial charge in [-0.2, -0.15) is 0 Å². The zero-order valence-corrected chi connectivity index (χ0v) is 15.6. The fourth-order valence-corrected chi connectivity index (χ4v) is 4.38. The van der Waals surface area contributed by atoms with Crippen LogP contribution in [0.3, 0.4) is 0 Å². The number of rotatable bonds is 1. The van der Waals surface area contributed by atoms with Crippen molar-refractivity contribution in [2.24, 2.45) is 7.05 Å². The van der Waals surface area contributed by atoms with E-state index in [2.05, 4.69) is 36.4 Å². The summed E-state index contributed by atoms with van der Waals surface area (Å²) < 4.78 is 1.56. The van der Waals surface area contributed by atoms with E-state index in [0.29, 0.717) is 18.7 Å². The van der Waals surface area contributed by atoms with E-state index in [1.807, 2.05) is 24.8 Å². The minimum atomic E-state index is -0.195. The molecule has 4 heteroatoms. The monoisotopic (exact) mass is 348 g/mol. The lowest BCUT2D eigenvalue weighted by Gasteiger charge is -2.39. The fourth-order valence-electron chi connectivity index (χ4n) is 4.38. The number of hydrogen-bond donors (Lipinski definition) is 0. The van der Waals surface area contributed by atoms with Gasteiger partial charge in [-0.15, -0.1) is 0 Å². The molecule has 1 aromatic carbocycles. The van der Waals surface area contributed by atoms with Gasteiger partial charge < -0.3 is 9.47 Å². The Hall–Kier alpha value is -2.62. The number of pyridine rings is 1. The lowest BCUT2D eigenvalue weighted by atomic mass is 9.74. The largest absolute Gasteiger partial charge is 0.338 e. The van der Waals surface area contributed by atoms with Crippen LogP contribution in [0.5, 0.6) is 0 Å². The lowest BCUT2D eigenvalue weighted by Crippen LogP contribution is -2.46. The van der Waals surface area contributed by atoms with E-state index in [-0.39, 0.29) is 16.9 Å². The Morgan fingerprint density at radius 2 is 1.81 bits per heavy atom. The van der Waals surface area contributed by atoms with Crippen LogP contribution >= 0.6 is 0 Å². The van der Waals surface area contributed by atoms with Crippen LogP contribution in [0.25, 0.3) is 6.08 Å². The number of likely N-dealkylation sites (tertiary alicyclic amines) is 1. The number of hydrogen-bond acceptors (Lipinski definition) is 2. The van der Waals surface area contributed by atoms with Crippen molar-refractivity contribution in [3.8, 4) is 0 Å². The number of allylic oxidation sites excluding steroid dienone is 1. The summed E-state index contributed by atoms with van der Waals surface area (Å²) in [7, 11) is 1.72. The smallest absolute Gasteiger partial charge is 0.263 e. The fraction of sp³-hybridized carbons (Fsp3) is 0.364. The first kappa shape index (κ1) is 16.8. The molecule has 1 amide bonds. The van der Waals surface area contributed by atoms with Gasteiger partial charge in [0.15, 0.2) is 0 Å². The third-order valence-corrected chi connectivity index (χ3v) is 6.10. The van der Waals surface area contributed by atoms with Crippen molar-refractivity contribution >= 4 is 12.0 Å². The first-order valence-electron chi connectivity index (χ1n) is 9.18. The van der Waals surface area contributed by atoms with Gasteiger partial charge in [0.05, 0.1) is 0 Å². The van der Waals surface area contributed by atoms with Crippen molar-refractivity contribution in [1.29, 1.82) is 0 Å². The van der Waals surface area contributed by atoms with Gasteiger partial charge in [0.25, 0.3) is 11.5 Å². The van der Waals surface area contributed by atoms with E-state index in [4.69, 9.17) is 0 Å². The van der Waals surface area contributed by atoms with Gasteiger partial charge in [-0.3, -0.25) is 9.59 Å². The second kappa shape index (κ2) is 5.97. The number of aryl methyl sites for hydroxylation is 2. The van der Waals surface area contributed by atoms with E-state index in [9.17, 15) is 9.59 Å². The molecule has 1 aromatic heterocycles. The molecule has 0 N–H and O–H groups in total. The van der Waals surface area contributed by atoms with Gasteiger partial charge in [0.2, 0.25) is 0 Å². The maximum absolute atomic E-state index is 13.0. The Morgan fingerprint density at radius 3 is 2.54 bits per heavy atom. The maximum Gasteiger partial charge on any atom is 0.263 e. The second-order valence-corrected chi connectivity index (χ2v) is 7.58. The topological polar surface area (TPSA) is 42.3 Å². The molecule has 1 fully saturated rings. The number of carbonyl (C=O) groups excluding carboxylic acids is 1. The van der Waals surface area contributed by atoms with E-state index in [1.165, 1.54) is 11.1 Å². The van der Waals surface area contributed by atoms with Crippen LogP contribution in [0.1, 0.15) is 45.6 Å². The second-order valence-electron chi connectivity index (χ2n) is 7.58. The van der Waals surface area contributed by atoms with Crippen molar-refractivity contribution in [3.63, 3.8) is 0 Å². The minimum Gasteiger partial charge on any atom is -0.338 e. The van der Waals surface area contributed by atoms with Crippen molar-refractivity contribution in [1.82, 2.24) is 9.47 Å². The molecule has 2 aliphatic rings. The zero-order chi connectivity index (χ0) is 18.5. The molecule has 0 bridgehead atoms. The molecule has 1 spiro atoms. The van der Waals surface area contributed by atoms with Crippen LogP contribution in [-0.2, 0) is 12.5 Å². The first-order valence-corrected chi connectivity index (χ1v) is 9.18. The normalized spacial score (nSPS) is 17.6. The average molecular weight is 348 g/mol. The molecule has 1 aliphatic heterocycles. The number of piperidine rings is 1. The molecule has 2 aromatic rings. The van der Waals surface area contributed by atoms with E-state index in [0.717, 1.165) is 24.1 Å². The minimum absolute atomic E-state index is 0.0423. The van der Waals surface area contributed by atoms with Crippen LogP contribution in [0.4, 0.5) is 0 Å². The molecule has 26 heavy (non-hydrogen) atoms. The molecule has 134 valence electrons. The van der Waals surface area contributed by atoms with E-state index >= 15 is 0 Å². The number of benzene rings is 1. The predicted molar refractivity (Wildman–Crippen MR) is 103 cm³/mol. The highest BCUT2D eigenvalue weighted by Gasteiger charge is 2.39. The van der Waals surface area contributed by atoms with E-state index in [1.54, 1.807) is 11.6 Å².